The summed E-state index contributed by atoms with van der Waals surface area (Å²) in [5, 5.41) is 13.0. The average molecular weight is 506 g/mol. The Balaban J connectivity index is 1.28. The van der Waals surface area contributed by atoms with Gasteiger partial charge in [-0.3, -0.25) is 14.5 Å². The maximum atomic E-state index is 12.9. The van der Waals surface area contributed by atoms with Crippen LogP contribution in [0.5, 0.6) is 0 Å². The van der Waals surface area contributed by atoms with Crippen LogP contribution in [-0.4, -0.2) is 27.6 Å². The number of nitrogens with one attached hydrogen (secondary N) is 1. The van der Waals surface area contributed by atoms with Crippen molar-refractivity contribution in [2.75, 3.05) is 11.9 Å². The summed E-state index contributed by atoms with van der Waals surface area (Å²) in [4.78, 5) is 28.5. The number of aryl methyl sites for hydroxylation is 1. The number of hydrogen-bond donors (Lipinski definition) is 1. The lowest BCUT2D eigenvalue weighted by Gasteiger charge is -2.13. The van der Waals surface area contributed by atoms with E-state index in [2.05, 4.69) is 11.4 Å². The molecule has 1 aliphatic heterocycles. The van der Waals surface area contributed by atoms with Gasteiger partial charge in [0.25, 0.3) is 5.91 Å². The van der Waals surface area contributed by atoms with E-state index >= 15 is 0 Å². The summed E-state index contributed by atoms with van der Waals surface area (Å²) in [6.07, 6.45) is 5.59. The molecule has 1 aliphatic carbocycles. The van der Waals surface area contributed by atoms with Crippen LogP contribution in [0.15, 0.2) is 51.8 Å². The van der Waals surface area contributed by atoms with Crippen LogP contribution in [0, 0.1) is 11.3 Å². The van der Waals surface area contributed by atoms with E-state index in [9.17, 15) is 14.9 Å². The van der Waals surface area contributed by atoms with Crippen molar-refractivity contribution in [3.63, 3.8) is 0 Å². The zero-order valence-corrected chi connectivity index (χ0v) is 20.4. The fraction of sp³-hybridized carbons (Fsp3) is 0.200. The minimum Gasteiger partial charge on any atom is -0.457 e. The topological polar surface area (TPSA) is 86.3 Å². The van der Waals surface area contributed by atoms with Gasteiger partial charge in [0.2, 0.25) is 5.91 Å². The Morgan fingerprint density at radius 2 is 2.00 bits per heavy atom. The van der Waals surface area contributed by atoms with Gasteiger partial charge in [0.05, 0.1) is 10.5 Å². The second-order valence-electron chi connectivity index (χ2n) is 7.91. The fourth-order valence-corrected chi connectivity index (χ4v) is 6.53. The molecule has 0 unspecified atom stereocenters. The van der Waals surface area contributed by atoms with Gasteiger partial charge in [-0.2, -0.15) is 5.26 Å². The van der Waals surface area contributed by atoms with Crippen LogP contribution in [0.1, 0.15) is 34.6 Å². The van der Waals surface area contributed by atoms with E-state index in [1.54, 1.807) is 12.1 Å². The van der Waals surface area contributed by atoms with Gasteiger partial charge in [-0.1, -0.05) is 54.3 Å². The summed E-state index contributed by atoms with van der Waals surface area (Å²) in [5.41, 5.74) is 2.54. The highest BCUT2D eigenvalue weighted by molar-refractivity contribution is 8.26. The van der Waals surface area contributed by atoms with Crippen LogP contribution in [0.2, 0.25) is 0 Å². The standard InChI is InChI=1S/C25H19N3O3S3/c26-13-18-17-8-4-5-9-20(17)33-23(18)27-22(29)14-28-24(30)21(34-25(28)32)12-16-10-11-19(31-16)15-6-2-1-3-7-15/h1-3,6-7,10-12H,4-5,8-9,14H2,(H,27,29)/b21-12-. The summed E-state index contributed by atoms with van der Waals surface area (Å²) in [6.45, 7) is -0.205. The first kappa shape index (κ1) is 22.6. The molecule has 1 N–H and O–H groups in total. The number of benzene rings is 1. The van der Waals surface area contributed by atoms with E-state index in [0.717, 1.165) is 48.6 Å². The van der Waals surface area contributed by atoms with Crippen molar-refractivity contribution in [3.8, 4) is 17.4 Å². The molecule has 0 bridgehead atoms. The lowest BCUT2D eigenvalue weighted by Crippen LogP contribution is -2.36. The van der Waals surface area contributed by atoms with E-state index in [1.807, 2.05) is 36.4 Å². The van der Waals surface area contributed by atoms with Gasteiger partial charge in [-0.05, 0) is 43.4 Å². The average Bonchev–Trinajstić information content (AvgIpc) is 3.52. The SMILES string of the molecule is N#Cc1c(NC(=O)CN2C(=O)/C(=C/c3ccc(-c4ccccc4)o3)SC2=S)sc2c1CCCC2. The Hall–Kier alpha value is -3.19. The minimum absolute atomic E-state index is 0.205. The van der Waals surface area contributed by atoms with Gasteiger partial charge in [0, 0.05) is 16.5 Å². The van der Waals surface area contributed by atoms with E-state index in [-0.39, 0.29) is 18.4 Å². The third-order valence-electron chi connectivity index (χ3n) is 5.67. The normalized spacial score (nSPS) is 16.6. The number of fused-ring (bicyclic) bond motifs is 1. The number of thiocarbonyl (C=S) groups is 1. The number of nitrogens with zero attached hydrogens (tertiary/aromatic N) is 2. The molecular weight excluding hydrogens is 486 g/mol. The van der Waals surface area contributed by atoms with Crippen LogP contribution >= 0.6 is 35.3 Å². The van der Waals surface area contributed by atoms with Crippen molar-refractivity contribution in [1.29, 1.82) is 5.26 Å². The Labute approximate surface area is 210 Å². The number of anilines is 1. The molecular formula is C25H19N3O3S3. The molecule has 3 aromatic rings. The number of carbonyl (C=O) groups is 2. The molecule has 1 saturated heterocycles. The third-order valence-corrected chi connectivity index (χ3v) is 8.25. The molecule has 2 aliphatic rings. The van der Waals surface area contributed by atoms with E-state index in [4.69, 9.17) is 16.6 Å². The summed E-state index contributed by atoms with van der Waals surface area (Å²) >= 11 is 7.96. The maximum Gasteiger partial charge on any atom is 0.266 e. The lowest BCUT2D eigenvalue weighted by molar-refractivity contribution is -0.126. The van der Waals surface area contributed by atoms with Gasteiger partial charge in [0.1, 0.15) is 33.5 Å². The number of rotatable bonds is 5. The number of furan rings is 1. The number of amides is 2. The van der Waals surface area contributed by atoms with Gasteiger partial charge in [-0.25, -0.2) is 0 Å². The molecule has 1 fully saturated rings. The Kier molecular flexibility index (Phi) is 6.37. The van der Waals surface area contributed by atoms with E-state index in [1.165, 1.54) is 21.1 Å². The van der Waals surface area contributed by atoms with Crippen molar-refractivity contribution < 1.29 is 14.0 Å². The Bertz CT molecular complexity index is 1360. The third kappa shape index (κ3) is 4.44. The summed E-state index contributed by atoms with van der Waals surface area (Å²) in [6, 6.07) is 15.6. The second kappa shape index (κ2) is 9.58. The van der Waals surface area contributed by atoms with Crippen molar-refractivity contribution in [2.24, 2.45) is 0 Å². The molecule has 2 amide bonds. The molecule has 0 spiro atoms. The van der Waals surface area contributed by atoms with Gasteiger partial charge < -0.3 is 9.73 Å². The minimum atomic E-state index is -0.378. The van der Waals surface area contributed by atoms with Crippen LogP contribution in [0.25, 0.3) is 17.4 Å². The van der Waals surface area contributed by atoms with Crippen LogP contribution in [0.3, 0.4) is 0 Å². The molecule has 5 rings (SSSR count). The van der Waals surface area contributed by atoms with E-state index < -0.39 is 0 Å². The molecule has 0 saturated carbocycles. The van der Waals surface area contributed by atoms with Crippen LogP contribution in [0.4, 0.5) is 5.00 Å². The fourth-order valence-electron chi connectivity index (χ4n) is 4.04. The quantitative estimate of drug-likeness (QED) is 0.359. The highest BCUT2D eigenvalue weighted by atomic mass is 32.2. The van der Waals surface area contributed by atoms with Gasteiger partial charge in [-0.15, -0.1) is 11.3 Å². The summed E-state index contributed by atoms with van der Waals surface area (Å²) < 4.78 is 6.18. The monoisotopic (exact) mass is 505 g/mol. The van der Waals surface area contributed by atoms with Gasteiger partial charge in [0.15, 0.2) is 0 Å². The molecule has 3 heterocycles. The molecule has 1 aromatic carbocycles. The highest BCUT2D eigenvalue weighted by Gasteiger charge is 2.34. The number of thioether (sulfide) groups is 1. The number of nitriles is 1. The van der Waals surface area contributed by atoms with Crippen LogP contribution < -0.4 is 5.32 Å². The zero-order chi connectivity index (χ0) is 23.7. The maximum absolute atomic E-state index is 12.9. The smallest absolute Gasteiger partial charge is 0.266 e. The molecule has 6 nitrogen and oxygen atoms in total. The van der Waals surface area contributed by atoms with Crippen molar-refractivity contribution in [3.05, 3.63) is 69.1 Å². The lowest BCUT2D eigenvalue weighted by atomic mass is 9.96. The second-order valence-corrected chi connectivity index (χ2v) is 10.7. The first-order valence-electron chi connectivity index (χ1n) is 10.8. The van der Waals surface area contributed by atoms with Crippen molar-refractivity contribution in [1.82, 2.24) is 4.90 Å². The van der Waals surface area contributed by atoms with Crippen LogP contribution in [-0.2, 0) is 22.4 Å². The van der Waals surface area contributed by atoms with Gasteiger partial charge >= 0.3 is 0 Å². The summed E-state index contributed by atoms with van der Waals surface area (Å²) in [5.74, 6) is 0.520. The Morgan fingerprint density at radius 1 is 1.21 bits per heavy atom. The molecule has 2 aromatic heterocycles. The zero-order valence-electron chi connectivity index (χ0n) is 18.0. The predicted octanol–water partition coefficient (Wildman–Crippen LogP) is 5.60. The molecule has 9 heteroatoms. The molecule has 170 valence electrons. The molecule has 0 atom stereocenters. The molecule has 0 radical (unpaired) electrons. The number of hydrogen-bond acceptors (Lipinski definition) is 7. The molecule has 34 heavy (non-hydrogen) atoms. The highest BCUT2D eigenvalue weighted by Crippen LogP contribution is 2.38. The van der Waals surface area contributed by atoms with Crippen molar-refractivity contribution in [2.45, 2.75) is 25.7 Å². The largest absolute Gasteiger partial charge is 0.457 e. The van der Waals surface area contributed by atoms with E-state index in [0.29, 0.717) is 31.3 Å². The van der Waals surface area contributed by atoms with Crippen molar-refractivity contribution >= 4 is 62.5 Å². The predicted molar refractivity (Wildman–Crippen MR) is 138 cm³/mol. The first-order valence-corrected chi connectivity index (χ1v) is 12.8. The first-order chi connectivity index (χ1) is 16.5. The Morgan fingerprint density at radius 3 is 2.79 bits per heavy atom. The summed E-state index contributed by atoms with van der Waals surface area (Å²) in [7, 11) is 0. The number of carbonyl (C=O) groups excluding carboxylic acids is 2. The number of thiophene rings is 1.